The van der Waals surface area contributed by atoms with Crippen LogP contribution in [-0.4, -0.2) is 6.29 Å². The maximum Gasteiger partial charge on any atom is 0.204 e. The van der Waals surface area contributed by atoms with E-state index in [0.717, 1.165) is 17.7 Å². The lowest BCUT2D eigenvalue weighted by Crippen LogP contribution is -2.41. The highest BCUT2D eigenvalue weighted by Crippen LogP contribution is 2.00. The van der Waals surface area contributed by atoms with Crippen LogP contribution >= 0.6 is 0 Å². The van der Waals surface area contributed by atoms with Gasteiger partial charge in [0, 0.05) is 26.0 Å². The molecule has 12 heavy (non-hydrogen) atoms. The first-order valence-electron chi connectivity index (χ1n) is 4.06. The Hall–Kier alpha value is -1.18. The van der Waals surface area contributed by atoms with Crippen molar-refractivity contribution in [2.45, 2.75) is 27.3 Å². The lowest BCUT2D eigenvalue weighted by Gasteiger charge is -2.01. The summed E-state index contributed by atoms with van der Waals surface area (Å²) in [6.07, 6.45) is 0.926. The third kappa shape index (κ3) is 1.70. The Labute approximate surface area is 72.8 Å². The fraction of sp³-hybridized carbons (Fsp3) is 0.400. The van der Waals surface area contributed by atoms with Gasteiger partial charge in [-0.05, 0) is 12.5 Å². The van der Waals surface area contributed by atoms with E-state index in [1.807, 2.05) is 18.4 Å². The monoisotopic (exact) mass is 164 g/mol. The summed E-state index contributed by atoms with van der Waals surface area (Å²) in [6.45, 7) is 6.55. The lowest BCUT2D eigenvalue weighted by atomic mass is 10.2. The van der Waals surface area contributed by atoms with Gasteiger partial charge in [-0.3, -0.25) is 4.79 Å². The molecule has 0 N–H and O–H groups in total. The van der Waals surface area contributed by atoms with Gasteiger partial charge in [0.15, 0.2) is 17.7 Å². The number of rotatable bonds is 2. The molecule has 0 aliphatic rings. The molecule has 64 valence electrons. The smallest absolute Gasteiger partial charge is 0.204 e. The molecule has 1 rings (SSSR count). The Kier molecular flexibility index (Phi) is 2.58. The minimum absolute atomic E-state index is 0.456. The molecular weight excluding hydrogens is 150 g/mol. The molecule has 0 aliphatic carbocycles. The van der Waals surface area contributed by atoms with Crippen LogP contribution in [0.25, 0.3) is 0 Å². The van der Waals surface area contributed by atoms with Gasteiger partial charge in [0.05, 0.1) is 0 Å². The van der Waals surface area contributed by atoms with E-state index in [1.165, 1.54) is 5.56 Å². The predicted octanol–water partition coefficient (Wildman–Crippen LogP) is 1.10. The Bertz CT molecular complexity index is 282. The van der Waals surface area contributed by atoms with E-state index in [1.54, 1.807) is 0 Å². The first kappa shape index (κ1) is 8.91. The Balaban J connectivity index is 3.18. The standard InChI is InChI=1S/C10H14NO/c1-8-6-9(2)11(4-5-12)10(3)7-8/h5-7H,4H2,1-3H3/q+1. The molecule has 0 spiro atoms. The molecule has 1 heterocycles. The molecule has 0 radical (unpaired) electrons. The Morgan fingerprint density at radius 3 is 2.17 bits per heavy atom. The van der Waals surface area contributed by atoms with Crippen LogP contribution < -0.4 is 4.57 Å². The third-order valence-corrected chi connectivity index (χ3v) is 1.98. The summed E-state index contributed by atoms with van der Waals surface area (Å²) >= 11 is 0. The second kappa shape index (κ2) is 3.48. The predicted molar refractivity (Wildman–Crippen MR) is 46.9 cm³/mol. The van der Waals surface area contributed by atoms with Crippen molar-refractivity contribution in [2.24, 2.45) is 0 Å². The zero-order valence-electron chi connectivity index (χ0n) is 7.79. The number of aryl methyl sites for hydroxylation is 3. The summed E-state index contributed by atoms with van der Waals surface area (Å²) in [7, 11) is 0. The van der Waals surface area contributed by atoms with Gasteiger partial charge < -0.3 is 0 Å². The number of carbonyl (C=O) groups excluding carboxylic acids is 1. The molecule has 2 heteroatoms. The van der Waals surface area contributed by atoms with Gasteiger partial charge in [-0.15, -0.1) is 0 Å². The van der Waals surface area contributed by atoms with Crippen molar-refractivity contribution in [3.63, 3.8) is 0 Å². The van der Waals surface area contributed by atoms with E-state index in [-0.39, 0.29) is 0 Å². The van der Waals surface area contributed by atoms with Crippen LogP contribution in [0.3, 0.4) is 0 Å². The highest BCUT2D eigenvalue weighted by Gasteiger charge is 2.09. The topological polar surface area (TPSA) is 20.9 Å². The number of hydrogen-bond donors (Lipinski definition) is 0. The number of pyridine rings is 1. The van der Waals surface area contributed by atoms with E-state index in [4.69, 9.17) is 0 Å². The van der Waals surface area contributed by atoms with Crippen molar-refractivity contribution in [1.82, 2.24) is 0 Å². The van der Waals surface area contributed by atoms with Crippen LogP contribution in [0.2, 0.25) is 0 Å². The Morgan fingerprint density at radius 1 is 1.25 bits per heavy atom. The second-order valence-electron chi connectivity index (χ2n) is 3.09. The normalized spacial score (nSPS) is 9.92. The third-order valence-electron chi connectivity index (χ3n) is 1.98. The van der Waals surface area contributed by atoms with Crippen LogP contribution in [0.15, 0.2) is 12.1 Å². The van der Waals surface area contributed by atoms with E-state index in [2.05, 4.69) is 19.1 Å². The zero-order chi connectivity index (χ0) is 9.14. The number of nitrogens with zero attached hydrogens (tertiary/aromatic N) is 1. The summed E-state index contributed by atoms with van der Waals surface area (Å²) in [5.74, 6) is 0. The molecule has 0 aliphatic heterocycles. The zero-order valence-corrected chi connectivity index (χ0v) is 7.79. The summed E-state index contributed by atoms with van der Waals surface area (Å²) in [5, 5.41) is 0. The van der Waals surface area contributed by atoms with Crippen molar-refractivity contribution in [1.29, 1.82) is 0 Å². The molecular formula is C10H14NO+. The van der Waals surface area contributed by atoms with E-state index in [0.29, 0.717) is 6.54 Å². The molecule has 0 saturated carbocycles. The van der Waals surface area contributed by atoms with Gasteiger partial charge in [0.25, 0.3) is 0 Å². The summed E-state index contributed by atoms with van der Waals surface area (Å²) < 4.78 is 2.00. The minimum Gasteiger partial charge on any atom is -0.296 e. The average Bonchev–Trinajstić information content (AvgIpc) is 1.96. The highest BCUT2D eigenvalue weighted by atomic mass is 16.1. The van der Waals surface area contributed by atoms with Crippen LogP contribution in [0.5, 0.6) is 0 Å². The van der Waals surface area contributed by atoms with Crippen molar-refractivity contribution >= 4 is 6.29 Å². The molecule has 0 atom stereocenters. The van der Waals surface area contributed by atoms with E-state index >= 15 is 0 Å². The summed E-state index contributed by atoms with van der Waals surface area (Å²) in [4.78, 5) is 10.3. The van der Waals surface area contributed by atoms with E-state index < -0.39 is 0 Å². The van der Waals surface area contributed by atoms with Gasteiger partial charge in [-0.2, -0.15) is 4.57 Å². The van der Waals surface area contributed by atoms with Gasteiger partial charge in [0.1, 0.15) is 0 Å². The fourth-order valence-electron chi connectivity index (χ4n) is 1.50. The van der Waals surface area contributed by atoms with E-state index in [9.17, 15) is 4.79 Å². The number of carbonyl (C=O) groups is 1. The molecule has 0 bridgehead atoms. The molecule has 0 fully saturated rings. The summed E-state index contributed by atoms with van der Waals surface area (Å²) in [5.41, 5.74) is 3.52. The van der Waals surface area contributed by atoms with Gasteiger partial charge in [-0.25, -0.2) is 0 Å². The maximum absolute atomic E-state index is 10.3. The number of aromatic nitrogens is 1. The summed E-state index contributed by atoms with van der Waals surface area (Å²) in [6, 6.07) is 4.16. The molecule has 1 aromatic rings. The maximum atomic E-state index is 10.3. The molecule has 0 aromatic carbocycles. The average molecular weight is 164 g/mol. The van der Waals surface area contributed by atoms with Crippen LogP contribution in [0.1, 0.15) is 17.0 Å². The van der Waals surface area contributed by atoms with Gasteiger partial charge in [-0.1, -0.05) is 0 Å². The second-order valence-corrected chi connectivity index (χ2v) is 3.09. The van der Waals surface area contributed by atoms with Crippen molar-refractivity contribution < 1.29 is 9.36 Å². The van der Waals surface area contributed by atoms with Crippen LogP contribution in [0.4, 0.5) is 0 Å². The first-order chi connectivity index (χ1) is 5.65. The van der Waals surface area contributed by atoms with Crippen molar-refractivity contribution in [2.75, 3.05) is 0 Å². The number of hydrogen-bond acceptors (Lipinski definition) is 1. The van der Waals surface area contributed by atoms with Crippen LogP contribution in [-0.2, 0) is 11.3 Å². The SMILES string of the molecule is Cc1cc(C)[n+](CC=O)c(C)c1. The number of aldehydes is 1. The first-order valence-corrected chi connectivity index (χ1v) is 4.06. The molecule has 2 nitrogen and oxygen atoms in total. The van der Waals surface area contributed by atoms with Crippen molar-refractivity contribution in [3.8, 4) is 0 Å². The Morgan fingerprint density at radius 2 is 1.75 bits per heavy atom. The molecule has 0 saturated heterocycles. The van der Waals surface area contributed by atoms with Gasteiger partial charge >= 0.3 is 0 Å². The lowest BCUT2D eigenvalue weighted by molar-refractivity contribution is -0.694. The van der Waals surface area contributed by atoms with Crippen molar-refractivity contribution in [3.05, 3.63) is 29.1 Å². The quantitative estimate of drug-likeness (QED) is 0.473. The van der Waals surface area contributed by atoms with Crippen LogP contribution in [0, 0.1) is 20.8 Å². The largest absolute Gasteiger partial charge is 0.296 e. The molecule has 0 amide bonds. The minimum atomic E-state index is 0.456. The molecule has 1 aromatic heterocycles. The van der Waals surface area contributed by atoms with Gasteiger partial charge in [0.2, 0.25) is 6.54 Å². The molecule has 0 unspecified atom stereocenters. The fourth-order valence-corrected chi connectivity index (χ4v) is 1.50. The highest BCUT2D eigenvalue weighted by molar-refractivity contribution is 5.46.